The number of alkyl halides is 3. The fraction of sp³-hybridized carbons (Fsp3) is 0.381. The summed E-state index contributed by atoms with van der Waals surface area (Å²) < 4.78 is 93.0. The number of carbonyl (C=O) groups excluding carboxylic acids is 1. The molecule has 2 aromatic carbocycles. The van der Waals surface area contributed by atoms with Crippen molar-refractivity contribution in [3.63, 3.8) is 0 Å². The summed E-state index contributed by atoms with van der Waals surface area (Å²) in [5, 5.41) is 0. The van der Waals surface area contributed by atoms with Crippen molar-refractivity contribution in [3.05, 3.63) is 65.7 Å². The summed E-state index contributed by atoms with van der Waals surface area (Å²) in [6.07, 6.45) is -5.62. The van der Waals surface area contributed by atoms with E-state index in [2.05, 4.69) is 4.74 Å². The molecule has 2 N–H and O–H groups in total. The quantitative estimate of drug-likeness (QED) is 0.439. The van der Waals surface area contributed by atoms with Gasteiger partial charge in [0.2, 0.25) is 10.0 Å². The van der Waals surface area contributed by atoms with Crippen LogP contribution < -0.4 is 5.73 Å². The van der Waals surface area contributed by atoms with Crippen LogP contribution in [0.1, 0.15) is 29.7 Å². The zero-order valence-corrected chi connectivity index (χ0v) is 19.6. The highest BCUT2D eigenvalue weighted by atomic mass is 32.2. The average molecular weight is 521 g/mol. The molecule has 0 radical (unpaired) electrons. The first-order chi connectivity index (χ1) is 15.7. The van der Waals surface area contributed by atoms with Crippen molar-refractivity contribution in [2.75, 3.05) is 18.6 Å². The maximum atomic E-state index is 13.0. The third kappa shape index (κ3) is 6.14. The van der Waals surface area contributed by atoms with E-state index in [9.17, 15) is 34.8 Å². The van der Waals surface area contributed by atoms with E-state index in [4.69, 9.17) is 5.73 Å². The summed E-state index contributed by atoms with van der Waals surface area (Å²) in [5.41, 5.74) is 6.32. The van der Waals surface area contributed by atoms with E-state index in [0.717, 1.165) is 36.1 Å². The lowest BCUT2D eigenvalue weighted by Crippen LogP contribution is -2.39. The summed E-state index contributed by atoms with van der Waals surface area (Å²) in [7, 11) is -7.64. The Morgan fingerprint density at radius 3 is 2.21 bits per heavy atom. The van der Waals surface area contributed by atoms with Crippen LogP contribution in [0.4, 0.5) is 13.2 Å². The topological polar surface area (TPSA) is 124 Å². The smallest absolute Gasteiger partial charge is 0.436 e. The number of halogens is 3. The second kappa shape index (κ2) is 9.64. The van der Waals surface area contributed by atoms with Crippen molar-refractivity contribution < 1.29 is 39.5 Å². The second-order valence-electron chi connectivity index (χ2n) is 8.00. The van der Waals surface area contributed by atoms with Crippen LogP contribution in [-0.4, -0.2) is 57.9 Å². The Balaban J connectivity index is 1.77. The van der Waals surface area contributed by atoms with E-state index in [1.54, 1.807) is 0 Å². The lowest BCUT2D eigenvalue weighted by molar-refractivity contribution is -0.205. The standard InChI is InChI=1S/C21H23F3N2O6S2/c1-33(28,29)26-12-16(14-5-3-2-4-6-14)11-17(26)13-34(30,31)18-9-7-15(8-10-18)19(25)32-20(27)21(22,23)24/h2-10,16-17,19H,11-13,25H2,1H3. The maximum Gasteiger partial charge on any atom is 0.490 e. The molecule has 3 rings (SSSR count). The van der Waals surface area contributed by atoms with Crippen molar-refractivity contribution in [2.45, 2.75) is 35.7 Å². The monoisotopic (exact) mass is 520 g/mol. The lowest BCUT2D eigenvalue weighted by atomic mass is 9.97. The van der Waals surface area contributed by atoms with E-state index >= 15 is 0 Å². The van der Waals surface area contributed by atoms with E-state index in [1.165, 1.54) is 4.31 Å². The van der Waals surface area contributed by atoms with Gasteiger partial charge in [-0.2, -0.15) is 17.5 Å². The van der Waals surface area contributed by atoms with E-state index < -0.39 is 50.0 Å². The number of hydrogen-bond acceptors (Lipinski definition) is 7. The molecule has 1 saturated heterocycles. The van der Waals surface area contributed by atoms with Crippen molar-refractivity contribution >= 4 is 25.8 Å². The molecule has 3 atom stereocenters. The van der Waals surface area contributed by atoms with Gasteiger partial charge in [-0.25, -0.2) is 21.6 Å². The summed E-state index contributed by atoms with van der Waals surface area (Å²) in [6, 6.07) is 12.9. The molecular weight excluding hydrogens is 497 g/mol. The third-order valence-electron chi connectivity index (χ3n) is 5.51. The normalized spacial score (nSPS) is 20.7. The number of esters is 1. The molecule has 0 spiro atoms. The van der Waals surface area contributed by atoms with E-state index in [0.29, 0.717) is 6.42 Å². The van der Waals surface area contributed by atoms with Crippen molar-refractivity contribution in [1.29, 1.82) is 0 Å². The van der Waals surface area contributed by atoms with Crippen LogP contribution in [-0.2, 0) is 29.4 Å². The Hall–Kier alpha value is -2.48. The molecule has 13 heteroatoms. The van der Waals surface area contributed by atoms with Gasteiger partial charge in [0.25, 0.3) is 0 Å². The Bertz CT molecular complexity index is 1230. The van der Waals surface area contributed by atoms with Crippen LogP contribution in [0.5, 0.6) is 0 Å². The first-order valence-corrected chi connectivity index (χ1v) is 13.6. The minimum Gasteiger partial charge on any atom is -0.436 e. The molecule has 0 amide bonds. The predicted octanol–water partition coefficient (Wildman–Crippen LogP) is 2.34. The highest BCUT2D eigenvalue weighted by molar-refractivity contribution is 7.91. The summed E-state index contributed by atoms with van der Waals surface area (Å²) in [6.45, 7) is 0.154. The van der Waals surface area contributed by atoms with Crippen LogP contribution in [0.25, 0.3) is 0 Å². The van der Waals surface area contributed by atoms with Crippen molar-refractivity contribution in [1.82, 2.24) is 4.31 Å². The SMILES string of the molecule is CS(=O)(=O)N1CC(c2ccccc2)CC1CS(=O)(=O)c1ccc(C(N)OC(=O)C(F)(F)F)cc1. The van der Waals surface area contributed by atoms with Gasteiger partial charge in [0.05, 0.1) is 16.9 Å². The van der Waals surface area contributed by atoms with Gasteiger partial charge in [0, 0.05) is 18.2 Å². The van der Waals surface area contributed by atoms with Gasteiger partial charge in [0.1, 0.15) is 0 Å². The predicted molar refractivity (Wildman–Crippen MR) is 117 cm³/mol. The van der Waals surface area contributed by atoms with Crippen LogP contribution in [0, 0.1) is 0 Å². The number of nitrogens with zero attached hydrogens (tertiary/aromatic N) is 1. The first kappa shape index (κ1) is 26.1. The van der Waals surface area contributed by atoms with Gasteiger partial charge in [-0.1, -0.05) is 42.5 Å². The number of carbonyl (C=O) groups is 1. The van der Waals surface area contributed by atoms with Gasteiger partial charge in [0.15, 0.2) is 16.1 Å². The first-order valence-electron chi connectivity index (χ1n) is 10.1. The van der Waals surface area contributed by atoms with Gasteiger partial charge >= 0.3 is 12.1 Å². The second-order valence-corrected chi connectivity index (χ2v) is 12.0. The Morgan fingerprint density at radius 1 is 1.09 bits per heavy atom. The average Bonchev–Trinajstić information content (AvgIpc) is 3.17. The molecule has 186 valence electrons. The minimum atomic E-state index is -5.22. The van der Waals surface area contributed by atoms with Crippen molar-refractivity contribution in [2.24, 2.45) is 5.73 Å². The maximum absolute atomic E-state index is 13.0. The molecule has 8 nitrogen and oxygen atoms in total. The molecule has 0 bridgehead atoms. The van der Waals surface area contributed by atoms with Crippen molar-refractivity contribution in [3.8, 4) is 0 Å². The minimum absolute atomic E-state index is 0.0423. The number of rotatable bonds is 7. The van der Waals surface area contributed by atoms with E-state index in [-0.39, 0.29) is 22.9 Å². The number of nitrogens with two attached hydrogens (primary N) is 1. The largest absolute Gasteiger partial charge is 0.490 e. The molecule has 34 heavy (non-hydrogen) atoms. The molecular formula is C21H23F3N2O6S2. The molecule has 1 aliphatic rings. The molecule has 1 heterocycles. The van der Waals surface area contributed by atoms with Crippen LogP contribution in [0.3, 0.4) is 0 Å². The summed E-state index contributed by atoms with van der Waals surface area (Å²) in [4.78, 5) is 10.8. The Morgan fingerprint density at radius 2 is 1.68 bits per heavy atom. The van der Waals surface area contributed by atoms with E-state index in [1.807, 2.05) is 30.3 Å². The fourth-order valence-electron chi connectivity index (χ4n) is 3.88. The molecule has 0 aliphatic carbocycles. The number of sulfone groups is 1. The number of ether oxygens (including phenoxy) is 1. The number of hydrogen-bond donors (Lipinski definition) is 1. The number of benzene rings is 2. The van der Waals surface area contributed by atoms with Gasteiger partial charge in [-0.15, -0.1) is 0 Å². The third-order valence-corrected chi connectivity index (χ3v) is 8.62. The zero-order chi connectivity index (χ0) is 25.3. The van der Waals surface area contributed by atoms with Crippen LogP contribution in [0.2, 0.25) is 0 Å². The fourth-order valence-corrected chi connectivity index (χ4v) is 6.69. The molecule has 3 unspecified atom stereocenters. The van der Waals surface area contributed by atoms with Crippen LogP contribution in [0.15, 0.2) is 59.5 Å². The highest BCUT2D eigenvalue weighted by Crippen LogP contribution is 2.35. The summed E-state index contributed by atoms with van der Waals surface area (Å²) >= 11 is 0. The van der Waals surface area contributed by atoms with Gasteiger partial charge < -0.3 is 4.74 Å². The molecule has 1 fully saturated rings. The van der Waals surface area contributed by atoms with Crippen LogP contribution >= 0.6 is 0 Å². The molecule has 1 aliphatic heterocycles. The molecule has 2 aromatic rings. The van der Waals surface area contributed by atoms with Gasteiger partial charge in [-0.05, 0) is 30.0 Å². The highest BCUT2D eigenvalue weighted by Gasteiger charge is 2.42. The zero-order valence-electron chi connectivity index (χ0n) is 18.0. The lowest BCUT2D eigenvalue weighted by Gasteiger charge is -2.22. The molecule has 0 saturated carbocycles. The Labute approximate surface area is 195 Å². The Kier molecular flexibility index (Phi) is 7.41. The molecule has 0 aromatic heterocycles. The summed E-state index contributed by atoms with van der Waals surface area (Å²) in [5.74, 6) is -3.11. The number of sulfonamides is 1. The van der Waals surface area contributed by atoms with Gasteiger partial charge in [-0.3, -0.25) is 5.73 Å².